The van der Waals surface area contributed by atoms with Crippen LogP contribution in [-0.4, -0.2) is 33.5 Å². The Morgan fingerprint density at radius 2 is 1.93 bits per heavy atom. The highest BCUT2D eigenvalue weighted by molar-refractivity contribution is 6.00. The second kappa shape index (κ2) is 7.41. The van der Waals surface area contributed by atoms with Gasteiger partial charge in [-0.05, 0) is 17.2 Å². The van der Waals surface area contributed by atoms with Gasteiger partial charge >= 0.3 is 0 Å². The van der Waals surface area contributed by atoms with Crippen molar-refractivity contribution < 1.29 is 9.59 Å². The molecule has 0 aliphatic carbocycles. The van der Waals surface area contributed by atoms with Gasteiger partial charge in [-0.25, -0.2) is 4.98 Å². The zero-order valence-electron chi connectivity index (χ0n) is 14.6. The lowest BCUT2D eigenvalue weighted by molar-refractivity contribution is -0.123. The van der Waals surface area contributed by atoms with Crippen molar-refractivity contribution >= 4 is 11.8 Å². The van der Waals surface area contributed by atoms with Crippen LogP contribution in [0, 0.1) is 0 Å². The molecule has 4 rings (SSSR count). The fourth-order valence-electron chi connectivity index (χ4n) is 3.37. The number of hydrogen-bond donors (Lipinski definition) is 3. The summed E-state index contributed by atoms with van der Waals surface area (Å²) in [6.45, 7) is 0.283. The average Bonchev–Trinajstić information content (AvgIpc) is 3.22. The van der Waals surface area contributed by atoms with Crippen LogP contribution in [0.15, 0.2) is 60.9 Å². The van der Waals surface area contributed by atoms with Crippen molar-refractivity contribution in [1.82, 2.24) is 25.8 Å². The number of aromatic amines is 1. The molecule has 1 aliphatic rings. The molecule has 2 amide bonds. The van der Waals surface area contributed by atoms with Gasteiger partial charge in [-0.3, -0.25) is 14.7 Å². The summed E-state index contributed by atoms with van der Waals surface area (Å²) in [6.07, 6.45) is 1.95. The molecule has 136 valence electrons. The second-order valence-corrected chi connectivity index (χ2v) is 6.46. The number of amides is 2. The summed E-state index contributed by atoms with van der Waals surface area (Å²) in [5.74, 6) is -0.00641. The van der Waals surface area contributed by atoms with Crippen molar-refractivity contribution in [2.45, 2.75) is 18.4 Å². The van der Waals surface area contributed by atoms with E-state index in [0.717, 1.165) is 11.1 Å². The second-order valence-electron chi connectivity index (χ2n) is 6.46. The molecule has 3 aromatic rings. The first-order valence-corrected chi connectivity index (χ1v) is 8.79. The highest BCUT2D eigenvalue weighted by Crippen LogP contribution is 2.25. The highest BCUT2D eigenvalue weighted by atomic mass is 16.2. The van der Waals surface area contributed by atoms with Gasteiger partial charge < -0.3 is 10.6 Å². The van der Waals surface area contributed by atoms with Gasteiger partial charge in [-0.2, -0.15) is 5.10 Å². The molecule has 2 atom stereocenters. The molecule has 7 nitrogen and oxygen atoms in total. The van der Waals surface area contributed by atoms with Crippen LogP contribution in [-0.2, 0) is 11.2 Å². The lowest BCUT2D eigenvalue weighted by atomic mass is 9.89. The third kappa shape index (κ3) is 3.57. The standard InChI is InChI=1S/C20H19N5O2/c26-19-15-9-5-4-8-14(15)16(11-21-19)20(27)24-17(10-18-22-12-23-25-18)13-6-2-1-3-7-13/h1-9,12,16-17H,10-11H2,(H,21,26)(H,24,27)(H,22,23,25). The maximum Gasteiger partial charge on any atom is 0.251 e. The van der Waals surface area contributed by atoms with Crippen LogP contribution in [0.5, 0.6) is 0 Å². The predicted octanol–water partition coefficient (Wildman–Crippen LogP) is 1.73. The minimum Gasteiger partial charge on any atom is -0.351 e. The van der Waals surface area contributed by atoms with E-state index in [2.05, 4.69) is 25.8 Å². The molecular formula is C20H19N5O2. The minimum absolute atomic E-state index is 0.129. The van der Waals surface area contributed by atoms with E-state index in [4.69, 9.17) is 0 Å². The maximum atomic E-state index is 13.1. The van der Waals surface area contributed by atoms with E-state index >= 15 is 0 Å². The molecule has 0 saturated carbocycles. The Morgan fingerprint density at radius 1 is 1.15 bits per heavy atom. The van der Waals surface area contributed by atoms with Gasteiger partial charge in [-0.15, -0.1) is 0 Å². The SMILES string of the molecule is O=C1NCC(C(=O)NC(Cc2ncn[nH]2)c2ccccc2)c2ccccc21. The molecule has 1 aliphatic heterocycles. The summed E-state index contributed by atoms with van der Waals surface area (Å²) in [7, 11) is 0. The zero-order valence-corrected chi connectivity index (χ0v) is 14.6. The van der Waals surface area contributed by atoms with Crippen molar-refractivity contribution in [3.05, 3.63) is 83.4 Å². The first kappa shape index (κ1) is 17.0. The average molecular weight is 361 g/mol. The zero-order chi connectivity index (χ0) is 18.6. The number of rotatable bonds is 5. The molecule has 2 heterocycles. The van der Waals surface area contributed by atoms with E-state index in [9.17, 15) is 9.59 Å². The largest absolute Gasteiger partial charge is 0.351 e. The van der Waals surface area contributed by atoms with E-state index in [0.29, 0.717) is 17.8 Å². The molecule has 27 heavy (non-hydrogen) atoms. The Labute approximate surface area is 156 Å². The Hall–Kier alpha value is -3.48. The molecule has 0 saturated heterocycles. The Morgan fingerprint density at radius 3 is 2.70 bits per heavy atom. The molecule has 0 bridgehead atoms. The van der Waals surface area contributed by atoms with Crippen molar-refractivity contribution in [3.63, 3.8) is 0 Å². The van der Waals surface area contributed by atoms with Crippen molar-refractivity contribution in [1.29, 1.82) is 0 Å². The molecule has 0 fully saturated rings. The lowest BCUT2D eigenvalue weighted by Gasteiger charge is -2.27. The number of nitrogens with one attached hydrogen (secondary N) is 3. The fourth-order valence-corrected chi connectivity index (χ4v) is 3.37. The molecule has 0 radical (unpaired) electrons. The highest BCUT2D eigenvalue weighted by Gasteiger charge is 2.31. The van der Waals surface area contributed by atoms with E-state index in [-0.39, 0.29) is 24.4 Å². The number of carbonyl (C=O) groups excluding carboxylic acids is 2. The number of hydrogen-bond acceptors (Lipinski definition) is 4. The molecule has 3 N–H and O–H groups in total. The Kier molecular flexibility index (Phi) is 4.65. The molecule has 2 aromatic carbocycles. The fraction of sp³-hybridized carbons (Fsp3) is 0.200. The number of H-pyrrole nitrogens is 1. The van der Waals surface area contributed by atoms with Gasteiger partial charge in [0.05, 0.1) is 12.0 Å². The number of nitrogens with zero attached hydrogens (tertiary/aromatic N) is 2. The van der Waals surface area contributed by atoms with Crippen LogP contribution in [0.4, 0.5) is 0 Å². The summed E-state index contributed by atoms with van der Waals surface area (Å²) >= 11 is 0. The summed E-state index contributed by atoms with van der Waals surface area (Å²) in [4.78, 5) is 29.3. The van der Waals surface area contributed by atoms with Crippen LogP contribution >= 0.6 is 0 Å². The topological polar surface area (TPSA) is 99.8 Å². The van der Waals surface area contributed by atoms with Gasteiger partial charge in [-0.1, -0.05) is 48.5 Å². The van der Waals surface area contributed by atoms with Gasteiger partial charge in [0.15, 0.2) is 0 Å². The molecule has 0 spiro atoms. The minimum atomic E-state index is -0.431. The molecule has 1 aromatic heterocycles. The van der Waals surface area contributed by atoms with Crippen LogP contribution in [0.1, 0.15) is 39.3 Å². The van der Waals surface area contributed by atoms with Crippen molar-refractivity contribution in [3.8, 4) is 0 Å². The van der Waals surface area contributed by atoms with Gasteiger partial charge in [0.2, 0.25) is 5.91 Å². The van der Waals surface area contributed by atoms with E-state index in [1.165, 1.54) is 6.33 Å². The van der Waals surface area contributed by atoms with E-state index in [1.807, 2.05) is 42.5 Å². The molecule has 2 unspecified atom stereocenters. The normalized spacial score (nSPS) is 16.9. The number of fused-ring (bicyclic) bond motifs is 1. The van der Waals surface area contributed by atoms with Crippen LogP contribution in [0.25, 0.3) is 0 Å². The maximum absolute atomic E-state index is 13.1. The molecular weight excluding hydrogens is 342 g/mol. The first-order valence-electron chi connectivity index (χ1n) is 8.79. The van der Waals surface area contributed by atoms with E-state index < -0.39 is 5.92 Å². The van der Waals surface area contributed by atoms with Crippen LogP contribution < -0.4 is 10.6 Å². The van der Waals surface area contributed by atoms with Gasteiger partial charge in [0.25, 0.3) is 5.91 Å². The van der Waals surface area contributed by atoms with Gasteiger partial charge in [0.1, 0.15) is 12.2 Å². The summed E-state index contributed by atoms with van der Waals surface area (Å²) in [6, 6.07) is 16.7. The lowest BCUT2D eigenvalue weighted by Crippen LogP contribution is -2.43. The Bertz CT molecular complexity index is 940. The monoisotopic (exact) mass is 361 g/mol. The van der Waals surface area contributed by atoms with E-state index in [1.54, 1.807) is 12.1 Å². The quantitative estimate of drug-likeness (QED) is 0.644. The van der Waals surface area contributed by atoms with Crippen LogP contribution in [0.3, 0.4) is 0 Å². The number of carbonyl (C=O) groups is 2. The summed E-state index contributed by atoms with van der Waals surface area (Å²) in [5.41, 5.74) is 2.29. The van der Waals surface area contributed by atoms with Crippen molar-refractivity contribution in [2.75, 3.05) is 6.54 Å². The third-order valence-corrected chi connectivity index (χ3v) is 4.74. The predicted molar refractivity (Wildman–Crippen MR) is 98.9 cm³/mol. The third-order valence-electron chi connectivity index (χ3n) is 4.74. The number of benzene rings is 2. The smallest absolute Gasteiger partial charge is 0.251 e. The van der Waals surface area contributed by atoms with Crippen molar-refractivity contribution in [2.24, 2.45) is 0 Å². The summed E-state index contributed by atoms with van der Waals surface area (Å²) in [5, 5.41) is 12.6. The van der Waals surface area contributed by atoms with Gasteiger partial charge in [0, 0.05) is 18.5 Å². The first-order chi connectivity index (χ1) is 13.2. The molecule has 7 heteroatoms. The van der Waals surface area contributed by atoms with Crippen LogP contribution in [0.2, 0.25) is 0 Å². The summed E-state index contributed by atoms with van der Waals surface area (Å²) < 4.78 is 0. The number of aromatic nitrogens is 3. The Balaban J connectivity index is 1.59.